The molecule has 2 amide bonds. The first-order valence-electron chi connectivity index (χ1n) is 14.8. The van der Waals surface area contributed by atoms with E-state index in [0.717, 1.165) is 48.1 Å². The van der Waals surface area contributed by atoms with E-state index in [1.807, 2.05) is 66.5 Å². The molecule has 42 heavy (non-hydrogen) atoms. The van der Waals surface area contributed by atoms with Gasteiger partial charge in [-0.05, 0) is 79.6 Å². The Balaban J connectivity index is 1.69. The summed E-state index contributed by atoms with van der Waals surface area (Å²) in [6.07, 6.45) is 3.22. The van der Waals surface area contributed by atoms with Gasteiger partial charge in [-0.3, -0.25) is 9.59 Å². The molecule has 1 fully saturated rings. The van der Waals surface area contributed by atoms with Crippen LogP contribution >= 0.6 is 11.6 Å². The zero-order chi connectivity index (χ0) is 30.1. The van der Waals surface area contributed by atoms with Crippen LogP contribution in [0.4, 0.5) is 0 Å². The molecule has 0 aliphatic carbocycles. The SMILES string of the molecule is CCc1cccc(-c2c(Cl)cccc2[C@](O)(CCCNC(=O)CO)[C@@H]2CCCN(C(=O)c3ccc(CNC)cc3)C2)c1. The second kappa shape index (κ2) is 14.8. The minimum atomic E-state index is -1.32. The normalized spacial score (nSPS) is 16.6. The molecule has 0 unspecified atom stereocenters. The summed E-state index contributed by atoms with van der Waals surface area (Å²) in [5.74, 6) is -0.748. The topological polar surface area (TPSA) is 102 Å². The second-order valence-corrected chi connectivity index (χ2v) is 11.5. The lowest BCUT2D eigenvalue weighted by molar-refractivity contribution is -0.123. The zero-order valence-electron chi connectivity index (χ0n) is 24.5. The van der Waals surface area contributed by atoms with E-state index in [2.05, 4.69) is 29.7 Å². The van der Waals surface area contributed by atoms with Gasteiger partial charge in [0.15, 0.2) is 0 Å². The van der Waals surface area contributed by atoms with Crippen LogP contribution in [0, 0.1) is 5.92 Å². The van der Waals surface area contributed by atoms with Crippen molar-refractivity contribution in [3.05, 3.63) is 94.0 Å². The van der Waals surface area contributed by atoms with Crippen LogP contribution in [-0.2, 0) is 23.4 Å². The Morgan fingerprint density at radius 1 is 1.07 bits per heavy atom. The largest absolute Gasteiger partial charge is 0.387 e. The quantitative estimate of drug-likeness (QED) is 0.224. The molecule has 1 heterocycles. The highest BCUT2D eigenvalue weighted by molar-refractivity contribution is 6.33. The lowest BCUT2D eigenvalue weighted by Gasteiger charge is -2.44. The zero-order valence-corrected chi connectivity index (χ0v) is 25.3. The molecule has 8 heteroatoms. The Kier molecular flexibility index (Phi) is 11.2. The van der Waals surface area contributed by atoms with Crippen molar-refractivity contribution in [1.29, 1.82) is 0 Å². The van der Waals surface area contributed by atoms with Crippen molar-refractivity contribution in [2.75, 3.05) is 33.3 Å². The summed E-state index contributed by atoms with van der Waals surface area (Å²) in [5, 5.41) is 28.2. The number of nitrogens with one attached hydrogen (secondary N) is 2. The summed E-state index contributed by atoms with van der Waals surface area (Å²) in [5.41, 5.74) is 4.05. The molecule has 1 aliphatic rings. The molecule has 0 saturated carbocycles. The highest BCUT2D eigenvalue weighted by Crippen LogP contribution is 2.45. The van der Waals surface area contributed by atoms with Crippen LogP contribution in [0.3, 0.4) is 0 Å². The number of piperidine rings is 1. The van der Waals surface area contributed by atoms with E-state index in [-0.39, 0.29) is 11.8 Å². The third-order valence-corrected chi connectivity index (χ3v) is 8.59. The number of halogens is 1. The van der Waals surface area contributed by atoms with Crippen LogP contribution in [0.1, 0.15) is 59.7 Å². The van der Waals surface area contributed by atoms with Crippen molar-refractivity contribution in [2.45, 2.75) is 51.2 Å². The average Bonchev–Trinajstić information content (AvgIpc) is 3.03. The summed E-state index contributed by atoms with van der Waals surface area (Å²) in [4.78, 5) is 27.1. The number of amides is 2. The van der Waals surface area contributed by atoms with E-state index in [0.29, 0.717) is 43.1 Å². The number of likely N-dealkylation sites (tertiary alicyclic amines) is 1. The minimum Gasteiger partial charge on any atom is -0.387 e. The predicted octanol–water partition coefficient (Wildman–Crippen LogP) is 4.92. The fraction of sp³-hybridized carbons (Fsp3) is 0.412. The fourth-order valence-corrected chi connectivity index (χ4v) is 6.31. The van der Waals surface area contributed by atoms with Gasteiger partial charge in [0.25, 0.3) is 5.91 Å². The molecule has 1 saturated heterocycles. The van der Waals surface area contributed by atoms with Gasteiger partial charge in [0.1, 0.15) is 6.61 Å². The van der Waals surface area contributed by atoms with Gasteiger partial charge in [0, 0.05) is 48.2 Å². The molecule has 4 N–H and O–H groups in total. The fourth-order valence-electron chi connectivity index (χ4n) is 6.03. The maximum absolute atomic E-state index is 13.6. The number of carbonyl (C=O) groups excluding carboxylic acids is 2. The van der Waals surface area contributed by atoms with E-state index in [9.17, 15) is 14.7 Å². The van der Waals surface area contributed by atoms with Gasteiger partial charge in [-0.15, -0.1) is 0 Å². The van der Waals surface area contributed by atoms with E-state index >= 15 is 0 Å². The maximum atomic E-state index is 13.6. The van der Waals surface area contributed by atoms with Crippen molar-refractivity contribution < 1.29 is 19.8 Å². The molecule has 3 aromatic rings. The summed E-state index contributed by atoms with van der Waals surface area (Å²) in [7, 11) is 1.89. The van der Waals surface area contributed by atoms with Gasteiger partial charge in [0.05, 0.1) is 5.60 Å². The summed E-state index contributed by atoms with van der Waals surface area (Å²) < 4.78 is 0. The molecule has 2 atom stereocenters. The van der Waals surface area contributed by atoms with Gasteiger partial charge < -0.3 is 25.7 Å². The molecule has 4 rings (SSSR count). The molecule has 3 aromatic carbocycles. The molecule has 0 spiro atoms. The minimum absolute atomic E-state index is 0.0461. The lowest BCUT2D eigenvalue weighted by atomic mass is 9.72. The molecular weight excluding hydrogens is 550 g/mol. The lowest BCUT2D eigenvalue weighted by Crippen LogP contribution is -2.48. The van der Waals surface area contributed by atoms with Crippen LogP contribution in [0.25, 0.3) is 11.1 Å². The second-order valence-electron chi connectivity index (χ2n) is 11.1. The number of aryl methyl sites for hydroxylation is 1. The first-order valence-corrected chi connectivity index (χ1v) is 15.2. The molecular formula is C34H42ClN3O4. The first kappa shape index (κ1) is 31.7. The van der Waals surface area contributed by atoms with Crippen molar-refractivity contribution >= 4 is 23.4 Å². The molecule has 0 bridgehead atoms. The highest BCUT2D eigenvalue weighted by Gasteiger charge is 2.43. The van der Waals surface area contributed by atoms with Crippen LogP contribution < -0.4 is 10.6 Å². The predicted molar refractivity (Wildman–Crippen MR) is 167 cm³/mol. The van der Waals surface area contributed by atoms with Gasteiger partial charge in [-0.1, -0.05) is 67.1 Å². The highest BCUT2D eigenvalue weighted by atomic mass is 35.5. The van der Waals surface area contributed by atoms with E-state index in [1.165, 1.54) is 5.56 Å². The Bertz CT molecular complexity index is 1360. The van der Waals surface area contributed by atoms with Crippen molar-refractivity contribution in [1.82, 2.24) is 15.5 Å². The van der Waals surface area contributed by atoms with Crippen LogP contribution in [0.2, 0.25) is 5.02 Å². The number of aliphatic hydroxyl groups excluding tert-OH is 1. The number of benzene rings is 3. The first-order chi connectivity index (χ1) is 20.3. The van der Waals surface area contributed by atoms with Crippen LogP contribution in [-0.4, -0.2) is 60.2 Å². The van der Waals surface area contributed by atoms with Gasteiger partial charge in [-0.25, -0.2) is 0 Å². The number of nitrogens with zero attached hydrogens (tertiary/aromatic N) is 1. The number of hydrogen-bond acceptors (Lipinski definition) is 5. The van der Waals surface area contributed by atoms with Crippen molar-refractivity contribution in [3.8, 4) is 11.1 Å². The van der Waals surface area contributed by atoms with Crippen LogP contribution in [0.15, 0.2) is 66.7 Å². The Morgan fingerprint density at radius 3 is 2.55 bits per heavy atom. The average molecular weight is 592 g/mol. The Morgan fingerprint density at radius 2 is 1.83 bits per heavy atom. The number of hydrogen-bond donors (Lipinski definition) is 4. The molecule has 0 radical (unpaired) electrons. The van der Waals surface area contributed by atoms with Crippen molar-refractivity contribution in [3.63, 3.8) is 0 Å². The molecule has 0 aromatic heterocycles. The standard InChI is InChI=1S/C34H42ClN3O4/c1-3-24-8-4-9-27(20-24)32-29(11-5-12-30(32)35)34(42,17-7-18-37-31(40)23-39)28-10-6-19-38(22-28)33(41)26-15-13-25(14-16-26)21-36-2/h4-5,8-9,11-16,20,28,36,39,42H,3,6-7,10,17-19,21-23H2,1-2H3,(H,37,40)/t28-,34+/m1/s1. The smallest absolute Gasteiger partial charge is 0.253 e. The number of carbonyl (C=O) groups is 2. The Hall–Kier alpha value is -3.23. The summed E-state index contributed by atoms with van der Waals surface area (Å²) in [6, 6.07) is 21.5. The van der Waals surface area contributed by atoms with E-state index in [4.69, 9.17) is 16.7 Å². The van der Waals surface area contributed by atoms with Gasteiger partial charge in [-0.2, -0.15) is 0 Å². The Labute approximate surface area is 253 Å². The van der Waals surface area contributed by atoms with E-state index < -0.39 is 18.1 Å². The molecule has 7 nitrogen and oxygen atoms in total. The monoisotopic (exact) mass is 591 g/mol. The van der Waals surface area contributed by atoms with E-state index in [1.54, 1.807) is 0 Å². The van der Waals surface area contributed by atoms with Crippen molar-refractivity contribution in [2.24, 2.45) is 5.92 Å². The van der Waals surface area contributed by atoms with Crippen LogP contribution in [0.5, 0.6) is 0 Å². The summed E-state index contributed by atoms with van der Waals surface area (Å²) >= 11 is 6.86. The van der Waals surface area contributed by atoms with Gasteiger partial charge in [0.2, 0.25) is 5.91 Å². The maximum Gasteiger partial charge on any atom is 0.253 e. The summed E-state index contributed by atoms with van der Waals surface area (Å²) in [6.45, 7) is 3.60. The number of rotatable bonds is 12. The molecule has 1 aliphatic heterocycles. The third kappa shape index (κ3) is 7.39. The third-order valence-electron chi connectivity index (χ3n) is 8.27. The molecule has 224 valence electrons. The van der Waals surface area contributed by atoms with Gasteiger partial charge >= 0.3 is 0 Å². The number of aliphatic hydroxyl groups is 2.